The van der Waals surface area contributed by atoms with Crippen LogP contribution in [0.3, 0.4) is 0 Å². The number of carbonyl (C=O) groups excluding carboxylic acids is 1. The zero-order valence-corrected chi connectivity index (χ0v) is 18.1. The Morgan fingerprint density at radius 3 is 2.28 bits per heavy atom. The van der Waals surface area contributed by atoms with Crippen LogP contribution in [0.5, 0.6) is 5.75 Å². The number of hydrogen-bond donors (Lipinski definition) is 2. The van der Waals surface area contributed by atoms with E-state index in [1.54, 1.807) is 25.3 Å². The van der Waals surface area contributed by atoms with Gasteiger partial charge in [-0.2, -0.15) is 0 Å². The Morgan fingerprint density at radius 1 is 1.00 bits per heavy atom. The van der Waals surface area contributed by atoms with Gasteiger partial charge in [-0.05, 0) is 71.0 Å². The van der Waals surface area contributed by atoms with Crippen molar-refractivity contribution in [2.45, 2.75) is 25.7 Å². The normalized spacial score (nSPS) is 11.6. The number of halogens is 1. The molecule has 0 spiro atoms. The van der Waals surface area contributed by atoms with Crippen molar-refractivity contribution in [3.8, 4) is 16.9 Å². The van der Waals surface area contributed by atoms with E-state index in [1.165, 1.54) is 6.07 Å². The highest BCUT2D eigenvalue weighted by atomic mass is 19.1. The number of methoxy groups -OCH3 is 1. The van der Waals surface area contributed by atoms with Crippen molar-refractivity contribution in [2.75, 3.05) is 13.7 Å². The van der Waals surface area contributed by atoms with E-state index in [0.29, 0.717) is 17.5 Å². The molecule has 32 heavy (non-hydrogen) atoms. The first-order valence-electron chi connectivity index (χ1n) is 10.4. The number of hydrogen-bond acceptors (Lipinski definition) is 3. The van der Waals surface area contributed by atoms with Crippen molar-refractivity contribution in [1.82, 2.24) is 5.32 Å². The van der Waals surface area contributed by atoms with E-state index in [2.05, 4.69) is 5.32 Å². The summed E-state index contributed by atoms with van der Waals surface area (Å²) in [4.78, 5) is 22.6. The molecule has 0 saturated heterocycles. The lowest BCUT2D eigenvalue weighted by Gasteiger charge is -2.15. The lowest BCUT2D eigenvalue weighted by Crippen LogP contribution is -2.25. The van der Waals surface area contributed by atoms with Crippen molar-refractivity contribution in [3.63, 3.8) is 0 Å². The Morgan fingerprint density at radius 2 is 1.66 bits per heavy atom. The maximum absolute atomic E-state index is 14.6. The van der Waals surface area contributed by atoms with Crippen molar-refractivity contribution >= 4 is 11.9 Å². The highest BCUT2D eigenvalue weighted by Gasteiger charge is 2.14. The average Bonchev–Trinajstić information content (AvgIpc) is 2.79. The number of benzene rings is 3. The molecule has 0 fully saturated rings. The van der Waals surface area contributed by atoms with Crippen LogP contribution in [-0.2, 0) is 11.2 Å². The molecule has 0 bridgehead atoms. The monoisotopic (exact) mass is 435 g/mol. The molecule has 0 radical (unpaired) electrons. The summed E-state index contributed by atoms with van der Waals surface area (Å²) in [6.07, 6.45) is 0.492. The third-order valence-electron chi connectivity index (χ3n) is 5.33. The Labute approximate surface area is 186 Å². The van der Waals surface area contributed by atoms with Crippen LogP contribution < -0.4 is 10.1 Å². The first kappa shape index (κ1) is 23.0. The average molecular weight is 435 g/mol. The van der Waals surface area contributed by atoms with Gasteiger partial charge in [0.25, 0.3) is 5.91 Å². The summed E-state index contributed by atoms with van der Waals surface area (Å²) in [5.41, 5.74) is 3.99. The highest BCUT2D eigenvalue weighted by Crippen LogP contribution is 2.29. The number of rotatable bonds is 9. The highest BCUT2D eigenvalue weighted by molar-refractivity contribution is 5.94. The summed E-state index contributed by atoms with van der Waals surface area (Å²) in [6.45, 7) is 2.06. The van der Waals surface area contributed by atoms with E-state index in [0.717, 1.165) is 22.4 Å². The van der Waals surface area contributed by atoms with E-state index in [4.69, 9.17) is 9.84 Å². The predicted octanol–water partition coefficient (Wildman–Crippen LogP) is 5.05. The number of carboxylic acid groups (broad SMARTS) is 1. The Bertz CT molecular complexity index is 1080. The summed E-state index contributed by atoms with van der Waals surface area (Å²) in [5.74, 6) is -0.821. The van der Waals surface area contributed by atoms with E-state index in [1.807, 2.05) is 49.4 Å². The van der Waals surface area contributed by atoms with Crippen LogP contribution in [-0.4, -0.2) is 30.6 Å². The fraction of sp³-hybridized carbons (Fsp3) is 0.231. The lowest BCUT2D eigenvalue weighted by atomic mass is 9.90. The molecule has 6 heteroatoms. The maximum Gasteiger partial charge on any atom is 0.305 e. The van der Waals surface area contributed by atoms with Gasteiger partial charge in [0.05, 0.1) is 13.5 Å². The van der Waals surface area contributed by atoms with Crippen LogP contribution in [0.1, 0.15) is 40.7 Å². The van der Waals surface area contributed by atoms with Gasteiger partial charge >= 0.3 is 5.97 Å². The van der Waals surface area contributed by atoms with E-state index in [-0.39, 0.29) is 30.6 Å². The molecule has 2 N–H and O–H groups in total. The Kier molecular flexibility index (Phi) is 7.60. The molecule has 0 aromatic heterocycles. The van der Waals surface area contributed by atoms with Gasteiger partial charge < -0.3 is 15.2 Å². The molecule has 0 saturated carbocycles. The molecule has 5 nitrogen and oxygen atoms in total. The number of aliphatic carboxylic acids is 1. The third kappa shape index (κ3) is 5.94. The topological polar surface area (TPSA) is 75.6 Å². The first-order chi connectivity index (χ1) is 15.4. The summed E-state index contributed by atoms with van der Waals surface area (Å²) < 4.78 is 19.8. The molecule has 3 aromatic rings. The number of carboxylic acids is 1. The van der Waals surface area contributed by atoms with Gasteiger partial charge in [-0.15, -0.1) is 0 Å². The minimum Gasteiger partial charge on any atom is -0.497 e. The summed E-state index contributed by atoms with van der Waals surface area (Å²) in [5, 5.41) is 11.2. The third-order valence-corrected chi connectivity index (χ3v) is 5.33. The molecule has 1 atom stereocenters. The van der Waals surface area contributed by atoms with Gasteiger partial charge in [0.2, 0.25) is 0 Å². The fourth-order valence-electron chi connectivity index (χ4n) is 3.53. The predicted molar refractivity (Wildman–Crippen MR) is 122 cm³/mol. The molecule has 0 aliphatic rings. The molecule has 3 aromatic carbocycles. The van der Waals surface area contributed by atoms with E-state index >= 15 is 0 Å². The lowest BCUT2D eigenvalue weighted by molar-refractivity contribution is -0.136. The number of nitrogens with one attached hydrogen (secondary N) is 1. The summed E-state index contributed by atoms with van der Waals surface area (Å²) >= 11 is 0. The standard InChI is InChI=1S/C26H26FNO4/c1-17(15-18-3-5-20(6-4-18)26(31)28-14-13-25(29)30)23-16-21(9-12-24(23)27)19-7-10-22(32-2)11-8-19/h3-12,16-17H,13-15H2,1-2H3,(H,28,31)(H,29,30). The van der Waals surface area contributed by atoms with Gasteiger partial charge in [-0.25, -0.2) is 4.39 Å². The zero-order valence-electron chi connectivity index (χ0n) is 18.1. The molecule has 166 valence electrons. The van der Waals surface area contributed by atoms with Crippen LogP contribution in [0.15, 0.2) is 66.7 Å². The molecule has 0 aliphatic heterocycles. The smallest absolute Gasteiger partial charge is 0.305 e. The molecule has 1 amide bonds. The zero-order chi connectivity index (χ0) is 23.1. The van der Waals surface area contributed by atoms with Gasteiger partial charge in [0.1, 0.15) is 11.6 Å². The molecular formula is C26H26FNO4. The largest absolute Gasteiger partial charge is 0.497 e. The molecule has 3 rings (SSSR count). The summed E-state index contributed by atoms with van der Waals surface area (Å²) in [6, 6.07) is 19.9. The second kappa shape index (κ2) is 10.6. The van der Waals surface area contributed by atoms with E-state index < -0.39 is 5.97 Å². The number of carbonyl (C=O) groups is 2. The van der Waals surface area contributed by atoms with Crippen molar-refractivity contribution in [2.24, 2.45) is 0 Å². The fourth-order valence-corrected chi connectivity index (χ4v) is 3.53. The van der Waals surface area contributed by atoms with Crippen molar-refractivity contribution in [3.05, 3.63) is 89.2 Å². The van der Waals surface area contributed by atoms with Crippen LogP contribution in [0.4, 0.5) is 4.39 Å². The molecular weight excluding hydrogens is 409 g/mol. The number of amides is 1. The molecule has 0 heterocycles. The second-order valence-corrected chi connectivity index (χ2v) is 7.67. The van der Waals surface area contributed by atoms with E-state index in [9.17, 15) is 14.0 Å². The quantitative estimate of drug-likeness (QED) is 0.493. The van der Waals surface area contributed by atoms with Crippen LogP contribution in [0.25, 0.3) is 11.1 Å². The minimum absolute atomic E-state index is 0.0663. The first-order valence-corrected chi connectivity index (χ1v) is 10.4. The van der Waals surface area contributed by atoms with Gasteiger partial charge in [-0.1, -0.05) is 37.3 Å². The van der Waals surface area contributed by atoms with Crippen molar-refractivity contribution in [1.29, 1.82) is 0 Å². The van der Waals surface area contributed by atoms with Gasteiger partial charge in [0.15, 0.2) is 0 Å². The number of ether oxygens (including phenoxy) is 1. The molecule has 1 unspecified atom stereocenters. The van der Waals surface area contributed by atoms with Gasteiger partial charge in [0, 0.05) is 12.1 Å². The van der Waals surface area contributed by atoms with Crippen LogP contribution >= 0.6 is 0 Å². The Balaban J connectivity index is 1.69. The summed E-state index contributed by atoms with van der Waals surface area (Å²) in [7, 11) is 1.62. The minimum atomic E-state index is -0.960. The SMILES string of the molecule is COc1ccc(-c2ccc(F)c(C(C)Cc3ccc(C(=O)NCCC(=O)O)cc3)c2)cc1. The van der Waals surface area contributed by atoms with Gasteiger partial charge in [-0.3, -0.25) is 9.59 Å². The second-order valence-electron chi connectivity index (χ2n) is 7.67. The van der Waals surface area contributed by atoms with Crippen molar-refractivity contribution < 1.29 is 23.8 Å². The Hall–Kier alpha value is -3.67. The van der Waals surface area contributed by atoms with Crippen LogP contribution in [0, 0.1) is 5.82 Å². The molecule has 0 aliphatic carbocycles. The maximum atomic E-state index is 14.6. The van der Waals surface area contributed by atoms with Crippen LogP contribution in [0.2, 0.25) is 0 Å².